The third-order valence-corrected chi connectivity index (χ3v) is 9.76. The fourth-order valence-corrected chi connectivity index (χ4v) is 7.13. The smallest absolute Gasteiger partial charge is 0.226 e. The van der Waals surface area contributed by atoms with E-state index in [1.54, 1.807) is 26.2 Å². The van der Waals surface area contributed by atoms with Crippen LogP contribution in [0.2, 0.25) is 0 Å². The van der Waals surface area contributed by atoms with Crippen molar-refractivity contribution in [2.75, 3.05) is 41.9 Å². The zero-order valence-corrected chi connectivity index (χ0v) is 29.5. The highest BCUT2D eigenvalue weighted by Crippen LogP contribution is 2.31. The van der Waals surface area contributed by atoms with Crippen molar-refractivity contribution >= 4 is 23.4 Å². The van der Waals surface area contributed by atoms with Gasteiger partial charge in [-0.2, -0.15) is 0 Å². The van der Waals surface area contributed by atoms with E-state index < -0.39 is 12.0 Å². The number of hydrogen-bond donors (Lipinski definition) is 0. The van der Waals surface area contributed by atoms with Crippen LogP contribution in [0.1, 0.15) is 93.9 Å². The fourth-order valence-electron chi connectivity index (χ4n) is 7.13. The van der Waals surface area contributed by atoms with Gasteiger partial charge in [0.25, 0.3) is 0 Å². The Morgan fingerprint density at radius 2 is 1.47 bits per heavy atom. The molecule has 8 atom stereocenters. The second-order valence-corrected chi connectivity index (χ2v) is 13.6. The van der Waals surface area contributed by atoms with E-state index in [1.165, 1.54) is 0 Å². The minimum absolute atomic E-state index is 0.0294. The number of Topliss-reactive ketones (excluding diaryl/α,β-unsaturated/α-hetero) is 2. The highest BCUT2D eigenvalue weighted by Gasteiger charge is 2.42. The van der Waals surface area contributed by atoms with Crippen LogP contribution in [-0.4, -0.2) is 110 Å². The zero-order chi connectivity index (χ0) is 33.2. The quantitative estimate of drug-likeness (QED) is 0.209. The molecular formula is C34H63N3O6. The number of ketones is 2. The number of methoxy groups -OCH3 is 2. The molecule has 0 bridgehead atoms. The molecule has 0 saturated carbocycles. The van der Waals surface area contributed by atoms with Crippen LogP contribution in [-0.2, 0) is 28.7 Å². The molecule has 0 unspecified atom stereocenters. The molecule has 1 aliphatic rings. The normalized spacial score (nSPS) is 20.6. The highest BCUT2D eigenvalue weighted by atomic mass is 16.5. The van der Waals surface area contributed by atoms with E-state index in [1.807, 2.05) is 65.4 Å². The molecule has 250 valence electrons. The summed E-state index contributed by atoms with van der Waals surface area (Å²) in [5, 5.41) is 0. The Morgan fingerprint density at radius 3 is 1.91 bits per heavy atom. The number of likely N-dealkylation sites (tertiary alicyclic amines) is 1. The third-order valence-electron chi connectivity index (χ3n) is 9.76. The summed E-state index contributed by atoms with van der Waals surface area (Å²) in [5.74, 6) is -0.554. The Labute approximate surface area is 262 Å². The molecule has 0 aromatic carbocycles. The van der Waals surface area contributed by atoms with E-state index in [-0.39, 0.29) is 84.1 Å². The molecule has 9 nitrogen and oxygen atoms in total. The molecule has 1 fully saturated rings. The summed E-state index contributed by atoms with van der Waals surface area (Å²) >= 11 is 0. The number of amides is 2. The van der Waals surface area contributed by atoms with Crippen LogP contribution < -0.4 is 0 Å². The third kappa shape index (κ3) is 10.1. The van der Waals surface area contributed by atoms with Crippen LogP contribution in [0.5, 0.6) is 0 Å². The molecule has 0 aromatic rings. The van der Waals surface area contributed by atoms with Crippen LogP contribution in [0.15, 0.2) is 0 Å². The molecule has 43 heavy (non-hydrogen) atoms. The van der Waals surface area contributed by atoms with Crippen molar-refractivity contribution in [1.82, 2.24) is 14.7 Å². The second kappa shape index (κ2) is 18.2. The van der Waals surface area contributed by atoms with Crippen molar-refractivity contribution in [2.45, 2.75) is 124 Å². The summed E-state index contributed by atoms with van der Waals surface area (Å²) in [6, 6.07) is -0.782. The topological polar surface area (TPSA) is 96.5 Å². The predicted molar refractivity (Wildman–Crippen MR) is 172 cm³/mol. The molecule has 1 saturated heterocycles. The molecule has 0 spiro atoms. The molecule has 1 rings (SSSR count). The van der Waals surface area contributed by atoms with Crippen LogP contribution in [0, 0.1) is 29.6 Å². The van der Waals surface area contributed by atoms with Crippen LogP contribution in [0.4, 0.5) is 0 Å². The Bertz CT molecular complexity index is 899. The SMILES string of the molecule is CCC(=O)[C@H](C)[C@@H](OC)[C@@H]1CCCN1C(=O)C[C@@H](OC)[C@H]([C@@H](C)CC)N(C)C(=O)[C@@H](CC(=O)[C@H](C(C)C)N(C)C)C(C)C. The average Bonchev–Trinajstić information content (AvgIpc) is 3.43. The van der Waals surface area contributed by atoms with Gasteiger partial charge in [-0.15, -0.1) is 0 Å². The number of rotatable bonds is 19. The van der Waals surface area contributed by atoms with Gasteiger partial charge in [0.05, 0.1) is 36.8 Å². The van der Waals surface area contributed by atoms with Crippen LogP contribution in [0.25, 0.3) is 0 Å². The minimum atomic E-state index is -0.526. The second-order valence-electron chi connectivity index (χ2n) is 13.6. The Balaban J connectivity index is 3.26. The summed E-state index contributed by atoms with van der Waals surface area (Å²) in [6.45, 7) is 16.5. The molecule has 0 aliphatic carbocycles. The number of carbonyl (C=O) groups excluding carboxylic acids is 4. The van der Waals surface area contributed by atoms with Crippen molar-refractivity contribution in [3.63, 3.8) is 0 Å². The summed E-state index contributed by atoms with van der Waals surface area (Å²) in [6.07, 6.45) is 2.26. The molecule has 1 heterocycles. The lowest BCUT2D eigenvalue weighted by Gasteiger charge is -2.41. The van der Waals surface area contributed by atoms with Crippen LogP contribution in [0.3, 0.4) is 0 Å². The first-order valence-electron chi connectivity index (χ1n) is 16.4. The maximum Gasteiger partial charge on any atom is 0.226 e. The first-order chi connectivity index (χ1) is 20.1. The van der Waals surface area contributed by atoms with E-state index in [9.17, 15) is 19.2 Å². The lowest BCUT2D eigenvalue weighted by Crippen LogP contribution is -2.54. The van der Waals surface area contributed by atoms with Crippen molar-refractivity contribution in [3.8, 4) is 0 Å². The van der Waals surface area contributed by atoms with Gasteiger partial charge in [0.2, 0.25) is 11.8 Å². The van der Waals surface area contributed by atoms with Crippen molar-refractivity contribution in [2.24, 2.45) is 29.6 Å². The Hall–Kier alpha value is -1.84. The van der Waals surface area contributed by atoms with Crippen molar-refractivity contribution < 1.29 is 28.7 Å². The Kier molecular flexibility index (Phi) is 16.6. The largest absolute Gasteiger partial charge is 0.379 e. The van der Waals surface area contributed by atoms with E-state index >= 15 is 0 Å². The predicted octanol–water partition coefficient (Wildman–Crippen LogP) is 4.70. The van der Waals surface area contributed by atoms with E-state index in [2.05, 4.69) is 13.8 Å². The van der Waals surface area contributed by atoms with Crippen molar-refractivity contribution in [3.05, 3.63) is 0 Å². The van der Waals surface area contributed by atoms with Gasteiger partial charge in [-0.3, -0.25) is 24.1 Å². The average molecular weight is 610 g/mol. The standard InChI is InChI=1S/C34H63N3O6/c1-14-23(7)32(36(11)34(41)25(21(3)4)19-28(39)31(22(5)6)35(9)10)29(42-12)20-30(40)37-18-16-17-26(37)33(43-13)24(8)27(38)15-2/h21-26,29,31-33H,14-20H2,1-13H3/t23-,24-,25-,26-,29+,31-,32-,33+/m0/s1. The van der Waals surface area contributed by atoms with Gasteiger partial charge in [-0.05, 0) is 44.7 Å². The van der Waals surface area contributed by atoms with Crippen molar-refractivity contribution in [1.29, 1.82) is 0 Å². The van der Waals surface area contributed by atoms with Gasteiger partial charge in [-0.1, -0.05) is 61.8 Å². The summed E-state index contributed by atoms with van der Waals surface area (Å²) < 4.78 is 11.8. The number of carbonyl (C=O) groups is 4. The summed E-state index contributed by atoms with van der Waals surface area (Å²) in [7, 11) is 8.81. The van der Waals surface area contributed by atoms with Gasteiger partial charge in [0.15, 0.2) is 5.78 Å². The molecule has 9 heteroatoms. The summed E-state index contributed by atoms with van der Waals surface area (Å²) in [4.78, 5) is 59.4. The van der Waals surface area contributed by atoms with E-state index in [0.717, 1.165) is 19.3 Å². The van der Waals surface area contributed by atoms with Crippen LogP contribution >= 0.6 is 0 Å². The number of hydrogen-bond acceptors (Lipinski definition) is 7. The van der Waals surface area contributed by atoms with Gasteiger partial charge >= 0.3 is 0 Å². The first-order valence-corrected chi connectivity index (χ1v) is 16.4. The minimum Gasteiger partial charge on any atom is -0.379 e. The van der Waals surface area contributed by atoms with Gasteiger partial charge in [-0.25, -0.2) is 0 Å². The molecule has 0 radical (unpaired) electrons. The Morgan fingerprint density at radius 1 is 0.860 bits per heavy atom. The molecule has 2 amide bonds. The zero-order valence-electron chi connectivity index (χ0n) is 29.5. The van der Waals surface area contributed by atoms with Gasteiger partial charge in [0, 0.05) is 52.5 Å². The fraction of sp³-hybridized carbons (Fsp3) is 0.882. The van der Waals surface area contributed by atoms with E-state index in [0.29, 0.717) is 13.0 Å². The molecular weight excluding hydrogens is 546 g/mol. The monoisotopic (exact) mass is 609 g/mol. The number of likely N-dealkylation sites (N-methyl/N-ethyl adjacent to an activating group) is 2. The maximum absolute atomic E-state index is 14.1. The molecule has 0 aromatic heterocycles. The van der Waals surface area contributed by atoms with E-state index in [4.69, 9.17) is 9.47 Å². The lowest BCUT2D eigenvalue weighted by atomic mass is 9.83. The van der Waals surface area contributed by atoms with Gasteiger partial charge in [0.1, 0.15) is 5.78 Å². The van der Waals surface area contributed by atoms with Gasteiger partial charge < -0.3 is 19.3 Å². The maximum atomic E-state index is 14.1. The summed E-state index contributed by atoms with van der Waals surface area (Å²) in [5.41, 5.74) is 0. The number of nitrogens with zero attached hydrogens (tertiary/aromatic N) is 3. The number of ether oxygens (including phenoxy) is 2. The molecule has 1 aliphatic heterocycles. The highest BCUT2D eigenvalue weighted by molar-refractivity contribution is 5.90. The lowest BCUT2D eigenvalue weighted by molar-refractivity contribution is -0.149. The first kappa shape index (κ1) is 39.2. The molecule has 0 N–H and O–H groups in total.